The summed E-state index contributed by atoms with van der Waals surface area (Å²) in [6.45, 7) is 3.49. The minimum Gasteiger partial charge on any atom is -0.493 e. The fourth-order valence-electron chi connectivity index (χ4n) is 3.95. The number of piperidine rings is 1. The van der Waals surface area contributed by atoms with Crippen molar-refractivity contribution in [1.82, 2.24) is 4.90 Å². The number of likely N-dealkylation sites (tertiary alicyclic amines) is 1. The average molecular weight is 414 g/mol. The number of hydrogen-bond donors (Lipinski definition) is 0. The molecule has 0 aromatic heterocycles. The number of rotatable bonds is 9. The van der Waals surface area contributed by atoms with Gasteiger partial charge >= 0.3 is 5.97 Å². The summed E-state index contributed by atoms with van der Waals surface area (Å²) in [6.07, 6.45) is 3.16. The van der Waals surface area contributed by atoms with Crippen LogP contribution in [0.1, 0.15) is 41.1 Å². The number of nitrogens with zero attached hydrogens (tertiary/aromatic N) is 1. The summed E-state index contributed by atoms with van der Waals surface area (Å²) in [4.78, 5) is 14.9. The maximum atomic E-state index is 12.4. The summed E-state index contributed by atoms with van der Waals surface area (Å²) in [5, 5.41) is 0. The van der Waals surface area contributed by atoms with Crippen LogP contribution in [-0.4, -0.2) is 58.4 Å². The van der Waals surface area contributed by atoms with Gasteiger partial charge in [0.2, 0.25) is 5.75 Å². The molecule has 1 aliphatic heterocycles. The number of ether oxygens (including phenoxy) is 4. The van der Waals surface area contributed by atoms with E-state index in [1.165, 1.54) is 39.7 Å². The third kappa shape index (κ3) is 5.45. The molecule has 2 aromatic rings. The first-order valence-corrected chi connectivity index (χ1v) is 10.4. The minimum absolute atomic E-state index is 0.383. The second-order valence-electron chi connectivity index (χ2n) is 7.43. The molecule has 0 saturated carbocycles. The molecule has 0 unspecified atom stereocenters. The van der Waals surface area contributed by atoms with E-state index in [4.69, 9.17) is 18.9 Å². The van der Waals surface area contributed by atoms with Crippen molar-refractivity contribution in [2.75, 3.05) is 47.6 Å². The molecule has 1 saturated heterocycles. The summed E-state index contributed by atoms with van der Waals surface area (Å²) in [5.74, 6) is 1.59. The van der Waals surface area contributed by atoms with Crippen LogP contribution in [0.3, 0.4) is 0 Å². The third-order valence-corrected chi connectivity index (χ3v) is 5.61. The summed E-state index contributed by atoms with van der Waals surface area (Å²) in [5.41, 5.74) is 1.82. The van der Waals surface area contributed by atoms with E-state index in [0.717, 1.165) is 26.1 Å². The van der Waals surface area contributed by atoms with Gasteiger partial charge in [0.1, 0.15) is 0 Å². The van der Waals surface area contributed by atoms with Crippen LogP contribution in [0.5, 0.6) is 17.2 Å². The minimum atomic E-state index is -0.392. The van der Waals surface area contributed by atoms with Crippen molar-refractivity contribution in [2.45, 2.75) is 25.2 Å². The molecule has 6 nitrogen and oxygen atoms in total. The zero-order chi connectivity index (χ0) is 21.3. The van der Waals surface area contributed by atoms with Crippen molar-refractivity contribution in [3.63, 3.8) is 0 Å². The van der Waals surface area contributed by atoms with Crippen LogP contribution >= 0.6 is 0 Å². The predicted octanol–water partition coefficient (Wildman–Crippen LogP) is 4.14. The van der Waals surface area contributed by atoms with E-state index in [2.05, 4.69) is 35.2 Å². The monoisotopic (exact) mass is 413 g/mol. The van der Waals surface area contributed by atoms with Crippen LogP contribution in [0.4, 0.5) is 0 Å². The van der Waals surface area contributed by atoms with Gasteiger partial charge < -0.3 is 23.8 Å². The Morgan fingerprint density at radius 2 is 1.60 bits per heavy atom. The van der Waals surface area contributed by atoms with Crippen LogP contribution in [0.25, 0.3) is 0 Å². The lowest BCUT2D eigenvalue weighted by Crippen LogP contribution is -2.34. The Morgan fingerprint density at radius 1 is 0.967 bits per heavy atom. The van der Waals surface area contributed by atoms with Gasteiger partial charge in [-0.15, -0.1) is 0 Å². The number of carbonyl (C=O) groups is 1. The molecule has 3 rings (SSSR count). The molecule has 0 spiro atoms. The molecule has 0 atom stereocenters. The molecular formula is C24H31NO5. The first-order valence-electron chi connectivity index (χ1n) is 10.4. The molecule has 2 aromatic carbocycles. The summed E-state index contributed by atoms with van der Waals surface area (Å²) < 4.78 is 21.3. The molecule has 0 radical (unpaired) electrons. The number of hydrogen-bond acceptors (Lipinski definition) is 6. The zero-order valence-electron chi connectivity index (χ0n) is 18.1. The van der Waals surface area contributed by atoms with E-state index >= 15 is 0 Å². The van der Waals surface area contributed by atoms with Crippen molar-refractivity contribution in [3.8, 4) is 17.2 Å². The Hall–Kier alpha value is -2.73. The summed E-state index contributed by atoms with van der Waals surface area (Å²) in [7, 11) is 4.57. The number of benzene rings is 2. The maximum absolute atomic E-state index is 12.4. The van der Waals surface area contributed by atoms with E-state index in [9.17, 15) is 4.79 Å². The predicted molar refractivity (Wildman–Crippen MR) is 116 cm³/mol. The van der Waals surface area contributed by atoms with Crippen molar-refractivity contribution >= 4 is 5.97 Å². The summed E-state index contributed by atoms with van der Waals surface area (Å²) >= 11 is 0. The lowest BCUT2D eigenvalue weighted by Gasteiger charge is -2.32. The molecule has 1 fully saturated rings. The van der Waals surface area contributed by atoms with Gasteiger partial charge in [-0.1, -0.05) is 30.3 Å². The number of methoxy groups -OCH3 is 3. The number of esters is 1. The largest absolute Gasteiger partial charge is 0.493 e. The molecule has 0 amide bonds. The zero-order valence-corrected chi connectivity index (χ0v) is 18.1. The molecule has 30 heavy (non-hydrogen) atoms. The molecular weight excluding hydrogens is 382 g/mol. The third-order valence-electron chi connectivity index (χ3n) is 5.61. The van der Waals surface area contributed by atoms with Crippen LogP contribution in [0.2, 0.25) is 0 Å². The first-order chi connectivity index (χ1) is 14.7. The van der Waals surface area contributed by atoms with E-state index in [0.29, 0.717) is 35.3 Å². The lowest BCUT2D eigenvalue weighted by atomic mass is 9.89. The fourth-order valence-corrected chi connectivity index (χ4v) is 3.95. The molecule has 0 bridgehead atoms. The van der Waals surface area contributed by atoms with Gasteiger partial charge in [0.05, 0.1) is 33.5 Å². The Bertz CT molecular complexity index is 791. The van der Waals surface area contributed by atoms with Crippen LogP contribution < -0.4 is 14.2 Å². The van der Waals surface area contributed by atoms with Gasteiger partial charge in [-0.25, -0.2) is 4.79 Å². The van der Waals surface area contributed by atoms with Crippen LogP contribution in [0, 0.1) is 0 Å². The van der Waals surface area contributed by atoms with Gasteiger partial charge in [-0.2, -0.15) is 0 Å². The van der Waals surface area contributed by atoms with Crippen molar-refractivity contribution in [3.05, 3.63) is 53.6 Å². The SMILES string of the molecule is COc1cc(C(=O)OCCCN2CCC(c3ccccc3)CC2)cc(OC)c1OC. The molecule has 6 heteroatoms. The smallest absolute Gasteiger partial charge is 0.338 e. The van der Waals surface area contributed by atoms with Crippen molar-refractivity contribution < 1.29 is 23.7 Å². The normalized spacial score (nSPS) is 14.9. The van der Waals surface area contributed by atoms with E-state index in [1.807, 2.05) is 0 Å². The Kier molecular flexibility index (Phi) is 7.97. The van der Waals surface area contributed by atoms with Gasteiger partial charge in [0.15, 0.2) is 11.5 Å². The summed E-state index contributed by atoms with van der Waals surface area (Å²) in [6, 6.07) is 14.0. The second kappa shape index (κ2) is 10.9. The quantitative estimate of drug-likeness (QED) is 0.455. The Balaban J connectivity index is 1.43. The maximum Gasteiger partial charge on any atom is 0.338 e. The Labute approximate surface area is 178 Å². The molecule has 162 valence electrons. The molecule has 1 heterocycles. The molecule has 1 aliphatic rings. The van der Waals surface area contributed by atoms with Gasteiger partial charge in [0, 0.05) is 6.54 Å². The van der Waals surface area contributed by atoms with Crippen molar-refractivity contribution in [1.29, 1.82) is 0 Å². The number of carbonyl (C=O) groups excluding carboxylic acids is 1. The molecule has 0 N–H and O–H groups in total. The lowest BCUT2D eigenvalue weighted by molar-refractivity contribution is 0.0483. The van der Waals surface area contributed by atoms with Crippen LogP contribution in [-0.2, 0) is 4.74 Å². The van der Waals surface area contributed by atoms with Crippen molar-refractivity contribution in [2.24, 2.45) is 0 Å². The van der Waals surface area contributed by atoms with E-state index in [-0.39, 0.29) is 0 Å². The van der Waals surface area contributed by atoms with Gasteiger partial charge in [0.25, 0.3) is 0 Å². The highest BCUT2D eigenvalue weighted by atomic mass is 16.5. The van der Waals surface area contributed by atoms with E-state index in [1.54, 1.807) is 12.1 Å². The topological polar surface area (TPSA) is 57.2 Å². The standard InChI is InChI=1S/C24H31NO5/c1-27-21-16-20(17-22(28-2)23(21)29-3)24(26)30-15-7-12-25-13-10-19(11-14-25)18-8-5-4-6-9-18/h4-6,8-9,16-17,19H,7,10-15H2,1-3H3. The Morgan fingerprint density at radius 3 is 2.17 bits per heavy atom. The fraction of sp³-hybridized carbons (Fsp3) is 0.458. The molecule has 0 aliphatic carbocycles. The van der Waals surface area contributed by atoms with Crippen LogP contribution in [0.15, 0.2) is 42.5 Å². The highest BCUT2D eigenvalue weighted by molar-refractivity contribution is 5.91. The van der Waals surface area contributed by atoms with Gasteiger partial charge in [-0.05, 0) is 56.0 Å². The second-order valence-corrected chi connectivity index (χ2v) is 7.43. The average Bonchev–Trinajstić information content (AvgIpc) is 2.81. The van der Waals surface area contributed by atoms with Gasteiger partial charge in [-0.3, -0.25) is 0 Å². The first kappa shape index (κ1) is 22.0. The van der Waals surface area contributed by atoms with E-state index < -0.39 is 5.97 Å². The highest BCUT2D eigenvalue weighted by Gasteiger charge is 2.21. The highest BCUT2D eigenvalue weighted by Crippen LogP contribution is 2.38.